The number of nitrogens with zero attached hydrogens (tertiary/aromatic N) is 3. The van der Waals surface area contributed by atoms with Crippen molar-refractivity contribution in [3.63, 3.8) is 0 Å². The van der Waals surface area contributed by atoms with Crippen molar-refractivity contribution in [3.05, 3.63) is 73.7 Å². The van der Waals surface area contributed by atoms with Crippen molar-refractivity contribution in [3.8, 4) is 17.3 Å². The SMILES string of the molecule is COc1ncc(Br)cc1CN1CCc2c(nc(-c3ccc(C(F)(F)F)cc3)[nH]c2=O)C1. The predicted molar refractivity (Wildman–Crippen MR) is 112 cm³/mol. The number of nitrogens with one attached hydrogen (secondary N) is 1. The van der Waals surface area contributed by atoms with E-state index in [2.05, 4.69) is 35.8 Å². The number of halogens is 4. The molecule has 1 aliphatic heterocycles. The fourth-order valence-corrected chi connectivity index (χ4v) is 3.97. The molecule has 1 N–H and O–H groups in total. The number of methoxy groups -OCH3 is 1. The van der Waals surface area contributed by atoms with Crippen LogP contribution in [0.25, 0.3) is 11.4 Å². The van der Waals surface area contributed by atoms with Crippen LogP contribution in [0, 0.1) is 0 Å². The van der Waals surface area contributed by atoms with E-state index in [1.54, 1.807) is 13.3 Å². The summed E-state index contributed by atoms with van der Waals surface area (Å²) in [5, 5.41) is 0. The number of pyridine rings is 1. The maximum absolute atomic E-state index is 12.8. The largest absolute Gasteiger partial charge is 0.481 e. The third-order valence-corrected chi connectivity index (χ3v) is 5.55. The molecule has 0 saturated carbocycles. The van der Waals surface area contributed by atoms with Crippen molar-refractivity contribution in [2.45, 2.75) is 25.7 Å². The summed E-state index contributed by atoms with van der Waals surface area (Å²) in [5.74, 6) is 0.777. The lowest BCUT2D eigenvalue weighted by Gasteiger charge is -2.28. The number of aromatic amines is 1. The Bertz CT molecular complexity index is 1160. The minimum absolute atomic E-state index is 0.251. The van der Waals surface area contributed by atoms with E-state index in [1.807, 2.05) is 6.07 Å². The van der Waals surface area contributed by atoms with Crippen LogP contribution in [0.2, 0.25) is 0 Å². The van der Waals surface area contributed by atoms with Gasteiger partial charge in [-0.25, -0.2) is 9.97 Å². The molecule has 3 heterocycles. The molecule has 1 aliphatic rings. The molecule has 0 amide bonds. The van der Waals surface area contributed by atoms with Gasteiger partial charge in [-0.15, -0.1) is 0 Å². The normalized spacial score (nSPS) is 14.4. The van der Waals surface area contributed by atoms with Crippen molar-refractivity contribution < 1.29 is 17.9 Å². The van der Waals surface area contributed by atoms with Crippen LogP contribution in [-0.4, -0.2) is 33.5 Å². The fraction of sp³-hybridized carbons (Fsp3) is 0.286. The van der Waals surface area contributed by atoms with Gasteiger partial charge in [0.05, 0.1) is 18.4 Å². The Morgan fingerprint density at radius 2 is 2.00 bits per heavy atom. The molecule has 0 unspecified atom stereocenters. The number of fused-ring (bicyclic) bond motifs is 1. The van der Waals surface area contributed by atoms with Crippen LogP contribution in [0.4, 0.5) is 13.2 Å². The quantitative estimate of drug-likeness (QED) is 0.589. The maximum Gasteiger partial charge on any atom is 0.416 e. The van der Waals surface area contributed by atoms with Gasteiger partial charge in [-0.05, 0) is 40.5 Å². The number of hydrogen-bond acceptors (Lipinski definition) is 5. The van der Waals surface area contributed by atoms with Gasteiger partial charge in [0.2, 0.25) is 5.88 Å². The van der Waals surface area contributed by atoms with Crippen molar-refractivity contribution in [2.75, 3.05) is 13.7 Å². The van der Waals surface area contributed by atoms with Crippen LogP contribution in [-0.2, 0) is 25.7 Å². The molecule has 6 nitrogen and oxygen atoms in total. The number of ether oxygens (including phenoxy) is 1. The third-order valence-electron chi connectivity index (χ3n) is 5.12. The summed E-state index contributed by atoms with van der Waals surface area (Å²) in [5.41, 5.74) is 1.52. The van der Waals surface area contributed by atoms with Crippen LogP contribution in [0.15, 0.2) is 45.8 Å². The van der Waals surface area contributed by atoms with Gasteiger partial charge in [0.15, 0.2) is 0 Å². The Morgan fingerprint density at radius 1 is 1.26 bits per heavy atom. The molecule has 0 aliphatic carbocycles. The van der Waals surface area contributed by atoms with E-state index in [1.165, 1.54) is 12.1 Å². The number of H-pyrrole nitrogens is 1. The molecule has 0 bridgehead atoms. The summed E-state index contributed by atoms with van der Waals surface area (Å²) >= 11 is 3.41. The second-order valence-corrected chi connectivity index (χ2v) is 8.11. The van der Waals surface area contributed by atoms with Gasteiger partial charge >= 0.3 is 6.18 Å². The predicted octanol–water partition coefficient (Wildman–Crippen LogP) is 4.18. The lowest BCUT2D eigenvalue weighted by molar-refractivity contribution is -0.137. The topological polar surface area (TPSA) is 71.1 Å². The lowest BCUT2D eigenvalue weighted by Crippen LogP contribution is -2.35. The van der Waals surface area contributed by atoms with Gasteiger partial charge < -0.3 is 9.72 Å². The van der Waals surface area contributed by atoms with Crippen molar-refractivity contribution in [1.82, 2.24) is 19.9 Å². The monoisotopic (exact) mass is 494 g/mol. The van der Waals surface area contributed by atoms with Crippen molar-refractivity contribution in [1.29, 1.82) is 0 Å². The number of alkyl halides is 3. The summed E-state index contributed by atoms with van der Waals surface area (Å²) in [4.78, 5) is 26.2. The summed E-state index contributed by atoms with van der Waals surface area (Å²) in [6.45, 7) is 1.65. The summed E-state index contributed by atoms with van der Waals surface area (Å²) in [6, 6.07) is 6.51. The first-order chi connectivity index (χ1) is 14.7. The number of hydrogen-bond donors (Lipinski definition) is 1. The Morgan fingerprint density at radius 3 is 2.68 bits per heavy atom. The highest BCUT2D eigenvalue weighted by molar-refractivity contribution is 9.10. The Hall–Kier alpha value is -2.72. The molecule has 3 aromatic rings. The van der Waals surface area contributed by atoms with E-state index in [0.717, 1.165) is 22.2 Å². The van der Waals surface area contributed by atoms with Crippen LogP contribution in [0.3, 0.4) is 0 Å². The number of benzene rings is 1. The molecular weight excluding hydrogens is 477 g/mol. The second-order valence-electron chi connectivity index (χ2n) is 7.20. The zero-order chi connectivity index (χ0) is 22.2. The molecule has 1 aromatic carbocycles. The summed E-state index contributed by atoms with van der Waals surface area (Å²) in [7, 11) is 1.56. The molecule has 0 spiro atoms. The van der Waals surface area contributed by atoms with Gasteiger partial charge in [0, 0.05) is 47.0 Å². The first-order valence-corrected chi connectivity index (χ1v) is 10.2. The van der Waals surface area contributed by atoms with Crippen molar-refractivity contribution >= 4 is 15.9 Å². The van der Waals surface area contributed by atoms with Crippen LogP contribution >= 0.6 is 15.9 Å². The highest BCUT2D eigenvalue weighted by Gasteiger charge is 2.30. The van der Waals surface area contributed by atoms with Gasteiger partial charge in [0.25, 0.3) is 5.56 Å². The molecular formula is C21H18BrF3N4O2. The lowest BCUT2D eigenvalue weighted by atomic mass is 10.0. The number of aromatic nitrogens is 3. The standard InChI is InChI=1S/C21H18BrF3N4O2/c1-31-20-13(8-15(22)9-26-20)10-29-7-6-16-17(11-29)27-18(28-19(16)30)12-2-4-14(5-3-12)21(23,24)25/h2-5,8-9H,6-7,10-11H2,1H3,(H,27,28,30). The first kappa shape index (κ1) is 21.5. The van der Waals surface area contributed by atoms with E-state index in [0.29, 0.717) is 48.8 Å². The average molecular weight is 495 g/mol. The van der Waals surface area contributed by atoms with Gasteiger partial charge in [-0.2, -0.15) is 13.2 Å². The highest BCUT2D eigenvalue weighted by Crippen LogP contribution is 2.30. The van der Waals surface area contributed by atoms with Crippen LogP contribution in [0.5, 0.6) is 5.88 Å². The average Bonchev–Trinajstić information content (AvgIpc) is 2.73. The minimum Gasteiger partial charge on any atom is -0.481 e. The Kier molecular flexibility index (Phi) is 5.85. The van der Waals surface area contributed by atoms with E-state index >= 15 is 0 Å². The molecule has 0 atom stereocenters. The van der Waals surface area contributed by atoms with Crippen LogP contribution in [0.1, 0.15) is 22.4 Å². The smallest absolute Gasteiger partial charge is 0.416 e. The molecule has 0 saturated heterocycles. The van der Waals surface area contributed by atoms with Crippen molar-refractivity contribution in [2.24, 2.45) is 0 Å². The summed E-state index contributed by atoms with van der Waals surface area (Å²) < 4.78 is 44.6. The van der Waals surface area contributed by atoms with E-state index < -0.39 is 11.7 Å². The first-order valence-electron chi connectivity index (χ1n) is 9.45. The van der Waals surface area contributed by atoms with E-state index in [-0.39, 0.29) is 11.4 Å². The van der Waals surface area contributed by atoms with Crippen LogP contribution < -0.4 is 10.3 Å². The van der Waals surface area contributed by atoms with Gasteiger partial charge in [0.1, 0.15) is 5.82 Å². The zero-order valence-corrected chi connectivity index (χ0v) is 18.0. The minimum atomic E-state index is -4.42. The molecule has 10 heteroatoms. The third kappa shape index (κ3) is 4.64. The molecule has 2 aromatic heterocycles. The van der Waals surface area contributed by atoms with E-state index in [9.17, 15) is 18.0 Å². The zero-order valence-electron chi connectivity index (χ0n) is 16.5. The fourth-order valence-electron chi connectivity index (χ4n) is 3.59. The Labute approximate surface area is 184 Å². The second kappa shape index (κ2) is 8.43. The molecule has 0 fully saturated rings. The highest BCUT2D eigenvalue weighted by atomic mass is 79.9. The number of rotatable bonds is 4. The summed E-state index contributed by atoms with van der Waals surface area (Å²) in [6.07, 6.45) is -2.24. The Balaban J connectivity index is 1.60. The van der Waals surface area contributed by atoms with E-state index in [4.69, 9.17) is 4.74 Å². The molecule has 4 rings (SSSR count). The molecule has 31 heavy (non-hydrogen) atoms. The molecule has 162 valence electrons. The molecule has 0 radical (unpaired) electrons. The van der Waals surface area contributed by atoms with Gasteiger partial charge in [-0.1, -0.05) is 12.1 Å². The van der Waals surface area contributed by atoms with Gasteiger partial charge in [-0.3, -0.25) is 9.69 Å². The maximum atomic E-state index is 12.8.